The lowest BCUT2D eigenvalue weighted by molar-refractivity contribution is 0.102. The van der Waals surface area contributed by atoms with E-state index in [1.165, 1.54) is 11.3 Å². The number of rotatable bonds is 3. The van der Waals surface area contributed by atoms with Crippen molar-refractivity contribution in [3.05, 3.63) is 53.3 Å². The average Bonchev–Trinajstić information content (AvgIpc) is 3.07. The third kappa shape index (κ3) is 2.85. The van der Waals surface area contributed by atoms with Crippen molar-refractivity contribution >= 4 is 22.4 Å². The predicted octanol–water partition coefficient (Wildman–Crippen LogP) is 3.10. The normalized spacial score (nSPS) is 10.6. The van der Waals surface area contributed by atoms with Crippen LogP contribution in [0.5, 0.6) is 0 Å². The number of carbonyl (C=O) groups is 1. The highest BCUT2D eigenvalue weighted by Crippen LogP contribution is 2.25. The Morgan fingerprint density at radius 1 is 1.24 bits per heavy atom. The summed E-state index contributed by atoms with van der Waals surface area (Å²) in [5.41, 5.74) is 3.07. The van der Waals surface area contributed by atoms with Crippen LogP contribution in [0.2, 0.25) is 0 Å². The molecule has 0 atom stereocenters. The van der Waals surface area contributed by atoms with Gasteiger partial charge in [-0.05, 0) is 31.2 Å². The van der Waals surface area contributed by atoms with Crippen LogP contribution < -0.4 is 5.32 Å². The fourth-order valence-electron chi connectivity index (χ4n) is 2.01. The quantitative estimate of drug-likeness (QED) is 0.808. The minimum absolute atomic E-state index is 0.244. The maximum absolute atomic E-state index is 12.1. The van der Waals surface area contributed by atoms with E-state index in [-0.39, 0.29) is 5.91 Å². The van der Waals surface area contributed by atoms with Crippen LogP contribution in [0, 0.1) is 6.92 Å². The van der Waals surface area contributed by atoms with Crippen LogP contribution in [-0.2, 0) is 7.05 Å². The van der Waals surface area contributed by atoms with E-state index in [1.807, 2.05) is 54.4 Å². The number of amides is 1. The molecular weight excluding hydrogens is 284 g/mol. The molecule has 0 aromatic carbocycles. The summed E-state index contributed by atoms with van der Waals surface area (Å²) in [7, 11) is 1.96. The molecule has 0 unspecified atom stereocenters. The Balaban J connectivity index is 1.79. The van der Waals surface area contributed by atoms with Gasteiger partial charge in [0.1, 0.15) is 5.69 Å². The Morgan fingerprint density at radius 3 is 2.81 bits per heavy atom. The second-order valence-corrected chi connectivity index (χ2v) is 5.52. The molecule has 3 rings (SSSR count). The number of carbonyl (C=O) groups excluding carboxylic acids is 1. The molecular formula is C15H14N4OS. The van der Waals surface area contributed by atoms with Crippen LogP contribution in [0.15, 0.2) is 41.9 Å². The van der Waals surface area contributed by atoms with Crippen LogP contribution >= 0.6 is 11.3 Å². The molecule has 0 aliphatic heterocycles. The molecule has 1 amide bonds. The van der Waals surface area contributed by atoms with Gasteiger partial charge in [0, 0.05) is 24.3 Å². The van der Waals surface area contributed by atoms with Crippen LogP contribution in [0.3, 0.4) is 0 Å². The molecule has 0 fully saturated rings. The van der Waals surface area contributed by atoms with Crippen LogP contribution in [0.25, 0.3) is 11.4 Å². The number of hydrogen-bond acceptors (Lipinski definition) is 4. The lowest BCUT2D eigenvalue weighted by Gasteiger charge is -2.02. The highest BCUT2D eigenvalue weighted by atomic mass is 32.1. The van der Waals surface area contributed by atoms with Gasteiger partial charge >= 0.3 is 0 Å². The molecule has 6 heteroatoms. The van der Waals surface area contributed by atoms with E-state index in [1.54, 1.807) is 6.07 Å². The maximum Gasteiger partial charge on any atom is 0.276 e. The molecule has 21 heavy (non-hydrogen) atoms. The van der Waals surface area contributed by atoms with E-state index in [9.17, 15) is 4.79 Å². The molecule has 3 aromatic rings. The van der Waals surface area contributed by atoms with Crippen molar-refractivity contribution in [3.63, 3.8) is 0 Å². The van der Waals surface area contributed by atoms with Gasteiger partial charge < -0.3 is 4.57 Å². The molecule has 0 saturated carbocycles. The summed E-state index contributed by atoms with van der Waals surface area (Å²) in [6, 6.07) is 9.31. The monoisotopic (exact) mass is 298 g/mol. The van der Waals surface area contributed by atoms with Gasteiger partial charge in [-0.25, -0.2) is 9.97 Å². The number of pyridine rings is 1. The Kier molecular flexibility index (Phi) is 3.53. The van der Waals surface area contributed by atoms with Crippen molar-refractivity contribution in [2.75, 3.05) is 5.32 Å². The summed E-state index contributed by atoms with van der Waals surface area (Å²) in [6.07, 6.45) is 1.96. The van der Waals surface area contributed by atoms with E-state index >= 15 is 0 Å². The second-order valence-electron chi connectivity index (χ2n) is 4.66. The molecule has 1 N–H and O–H groups in total. The number of aromatic nitrogens is 3. The van der Waals surface area contributed by atoms with Gasteiger partial charge in [0.2, 0.25) is 0 Å². The smallest absolute Gasteiger partial charge is 0.276 e. The highest BCUT2D eigenvalue weighted by molar-refractivity contribution is 7.14. The molecule has 0 saturated heterocycles. The van der Waals surface area contributed by atoms with Gasteiger partial charge in [0.25, 0.3) is 5.91 Å². The highest BCUT2D eigenvalue weighted by Gasteiger charge is 2.12. The van der Waals surface area contributed by atoms with Crippen LogP contribution in [0.1, 0.15) is 16.2 Å². The zero-order chi connectivity index (χ0) is 14.8. The first-order valence-corrected chi connectivity index (χ1v) is 7.34. The largest absolute Gasteiger partial charge is 0.349 e. The lowest BCUT2D eigenvalue weighted by atomic mass is 10.3. The number of nitrogens with zero attached hydrogens (tertiary/aromatic N) is 3. The van der Waals surface area contributed by atoms with Gasteiger partial charge in [-0.15, -0.1) is 11.3 Å². The fourth-order valence-corrected chi connectivity index (χ4v) is 2.71. The summed E-state index contributed by atoms with van der Waals surface area (Å²) in [6.45, 7) is 1.85. The standard InChI is InChI=1S/C15H14N4OS/c1-10-5-3-6-11(16-10)14(20)18-15-17-12(9-21-15)13-7-4-8-19(13)2/h3-9H,1-2H3,(H,17,18,20). The molecule has 3 heterocycles. The summed E-state index contributed by atoms with van der Waals surface area (Å²) >= 11 is 1.40. The lowest BCUT2D eigenvalue weighted by Crippen LogP contribution is -2.13. The van der Waals surface area contributed by atoms with E-state index in [2.05, 4.69) is 15.3 Å². The fraction of sp³-hybridized carbons (Fsp3) is 0.133. The Morgan fingerprint density at radius 2 is 2.10 bits per heavy atom. The molecule has 5 nitrogen and oxygen atoms in total. The summed E-state index contributed by atoms with van der Waals surface area (Å²) in [5.74, 6) is -0.244. The van der Waals surface area contributed by atoms with Crippen molar-refractivity contribution in [1.29, 1.82) is 0 Å². The number of aryl methyl sites for hydroxylation is 2. The van der Waals surface area contributed by atoms with Crippen molar-refractivity contribution in [3.8, 4) is 11.4 Å². The Hall–Kier alpha value is -2.47. The average molecular weight is 298 g/mol. The van der Waals surface area contributed by atoms with Gasteiger partial charge in [0.15, 0.2) is 5.13 Å². The topological polar surface area (TPSA) is 59.8 Å². The van der Waals surface area contributed by atoms with Crippen molar-refractivity contribution in [2.45, 2.75) is 6.92 Å². The summed E-state index contributed by atoms with van der Waals surface area (Å²) < 4.78 is 1.99. The predicted molar refractivity (Wildman–Crippen MR) is 83.4 cm³/mol. The molecule has 3 aromatic heterocycles. The Labute approximate surface area is 126 Å². The third-order valence-corrected chi connectivity index (χ3v) is 3.81. The molecule has 0 aliphatic carbocycles. The summed E-state index contributed by atoms with van der Waals surface area (Å²) in [5, 5.41) is 5.28. The van der Waals surface area contributed by atoms with Crippen molar-refractivity contribution in [1.82, 2.24) is 14.5 Å². The first kappa shape index (κ1) is 13.5. The van der Waals surface area contributed by atoms with Crippen LogP contribution in [0.4, 0.5) is 5.13 Å². The molecule has 106 valence electrons. The molecule has 0 radical (unpaired) electrons. The van der Waals surface area contributed by atoms with E-state index in [0.717, 1.165) is 17.1 Å². The van der Waals surface area contributed by atoms with E-state index in [0.29, 0.717) is 10.8 Å². The molecule has 0 bridgehead atoms. The molecule has 0 aliphatic rings. The molecule has 0 spiro atoms. The maximum atomic E-state index is 12.1. The van der Waals surface area contributed by atoms with Crippen molar-refractivity contribution < 1.29 is 4.79 Å². The minimum atomic E-state index is -0.244. The number of hydrogen-bond donors (Lipinski definition) is 1. The van der Waals surface area contributed by atoms with Crippen LogP contribution in [-0.4, -0.2) is 20.4 Å². The first-order chi connectivity index (χ1) is 10.1. The zero-order valence-corrected chi connectivity index (χ0v) is 12.5. The first-order valence-electron chi connectivity index (χ1n) is 6.46. The van der Waals surface area contributed by atoms with Crippen molar-refractivity contribution in [2.24, 2.45) is 7.05 Å². The van der Waals surface area contributed by atoms with Gasteiger partial charge in [-0.2, -0.15) is 0 Å². The van der Waals surface area contributed by atoms with Gasteiger partial charge in [-0.3, -0.25) is 10.1 Å². The Bertz CT molecular complexity index is 790. The van der Waals surface area contributed by atoms with Gasteiger partial charge in [-0.1, -0.05) is 6.07 Å². The second kappa shape index (κ2) is 5.49. The van der Waals surface area contributed by atoms with Gasteiger partial charge in [0.05, 0.1) is 11.4 Å². The number of anilines is 1. The zero-order valence-electron chi connectivity index (χ0n) is 11.7. The number of nitrogens with one attached hydrogen (secondary N) is 1. The SMILES string of the molecule is Cc1cccc(C(=O)Nc2nc(-c3cccn3C)cs2)n1. The number of thiazole rings is 1. The van der Waals surface area contributed by atoms with E-state index < -0.39 is 0 Å². The minimum Gasteiger partial charge on any atom is -0.349 e. The van der Waals surface area contributed by atoms with E-state index in [4.69, 9.17) is 0 Å². The summed E-state index contributed by atoms with van der Waals surface area (Å²) in [4.78, 5) is 20.8. The third-order valence-electron chi connectivity index (χ3n) is 3.05.